The van der Waals surface area contributed by atoms with E-state index in [1.54, 1.807) is 23.7 Å². The van der Waals surface area contributed by atoms with Crippen LogP contribution in [0.25, 0.3) is 0 Å². The van der Waals surface area contributed by atoms with Crippen molar-refractivity contribution in [2.75, 3.05) is 0 Å². The third-order valence-corrected chi connectivity index (χ3v) is 3.33. The molecule has 0 amide bonds. The fourth-order valence-corrected chi connectivity index (χ4v) is 2.43. The highest BCUT2D eigenvalue weighted by molar-refractivity contribution is 7.09. The number of aromatic nitrogens is 2. The molecular weight excluding hydrogens is 260 g/mol. The molecule has 0 aliphatic carbocycles. The Morgan fingerprint density at radius 1 is 1.37 bits per heavy atom. The predicted molar refractivity (Wildman–Crippen MR) is 76.0 cm³/mol. The van der Waals surface area contributed by atoms with Crippen molar-refractivity contribution in [3.05, 3.63) is 40.1 Å². The zero-order valence-electron chi connectivity index (χ0n) is 11.3. The molecule has 0 aliphatic rings. The summed E-state index contributed by atoms with van der Waals surface area (Å²) in [5, 5.41) is 3.01. The molecule has 0 saturated heterocycles. The maximum Gasteiger partial charge on any atom is 0.138 e. The van der Waals surface area contributed by atoms with Crippen LogP contribution in [0, 0.1) is 6.92 Å². The lowest BCUT2D eigenvalue weighted by molar-refractivity contribution is 0.241. The summed E-state index contributed by atoms with van der Waals surface area (Å²) in [4.78, 5) is 8.65. The van der Waals surface area contributed by atoms with Crippen LogP contribution >= 0.6 is 11.3 Å². The highest BCUT2D eigenvalue weighted by atomic mass is 32.1. The molecule has 6 heteroatoms. The van der Waals surface area contributed by atoms with Gasteiger partial charge in [0.15, 0.2) is 0 Å². The molecule has 1 unspecified atom stereocenters. The van der Waals surface area contributed by atoms with Crippen LogP contribution < -0.4 is 16.0 Å². The summed E-state index contributed by atoms with van der Waals surface area (Å²) in [5.41, 5.74) is 4.61. The van der Waals surface area contributed by atoms with Gasteiger partial charge in [-0.2, -0.15) is 0 Å². The lowest BCUT2D eigenvalue weighted by Gasteiger charge is -2.16. The van der Waals surface area contributed by atoms with Crippen molar-refractivity contribution in [3.63, 3.8) is 0 Å². The van der Waals surface area contributed by atoms with E-state index in [1.165, 1.54) is 0 Å². The van der Waals surface area contributed by atoms with Crippen molar-refractivity contribution < 1.29 is 4.74 Å². The van der Waals surface area contributed by atoms with E-state index in [-0.39, 0.29) is 12.1 Å². The van der Waals surface area contributed by atoms with Crippen molar-refractivity contribution in [1.29, 1.82) is 0 Å². The highest BCUT2D eigenvalue weighted by Gasteiger charge is 2.16. The average Bonchev–Trinajstić information content (AvgIpc) is 2.76. The van der Waals surface area contributed by atoms with Gasteiger partial charge in [0.25, 0.3) is 0 Å². The average molecular weight is 278 g/mol. The number of hydrazine groups is 1. The van der Waals surface area contributed by atoms with Crippen molar-refractivity contribution in [2.45, 2.75) is 32.9 Å². The van der Waals surface area contributed by atoms with Gasteiger partial charge in [-0.15, -0.1) is 11.3 Å². The van der Waals surface area contributed by atoms with Crippen molar-refractivity contribution >= 4 is 11.3 Å². The zero-order valence-corrected chi connectivity index (χ0v) is 12.1. The number of pyridine rings is 1. The molecule has 2 rings (SSSR count). The van der Waals surface area contributed by atoms with Gasteiger partial charge in [0.2, 0.25) is 0 Å². The first kappa shape index (κ1) is 13.9. The molecule has 0 aliphatic heterocycles. The van der Waals surface area contributed by atoms with Gasteiger partial charge in [0.05, 0.1) is 29.0 Å². The predicted octanol–water partition coefficient (Wildman–Crippen LogP) is 2.19. The third kappa shape index (κ3) is 3.50. The molecule has 102 valence electrons. The van der Waals surface area contributed by atoms with Crippen LogP contribution in [0.15, 0.2) is 23.8 Å². The summed E-state index contributed by atoms with van der Waals surface area (Å²) in [7, 11) is 0. The quantitative estimate of drug-likeness (QED) is 0.648. The SMILES string of the molecule is Cc1nc(C(NN)c2cncc(OC(C)C)c2)cs1. The van der Waals surface area contributed by atoms with Crippen molar-refractivity contribution in [3.8, 4) is 5.75 Å². The maximum absolute atomic E-state index is 5.64. The van der Waals surface area contributed by atoms with Crippen LogP contribution in [0.5, 0.6) is 5.75 Å². The van der Waals surface area contributed by atoms with Gasteiger partial charge >= 0.3 is 0 Å². The number of nitrogens with one attached hydrogen (secondary N) is 1. The van der Waals surface area contributed by atoms with Crippen molar-refractivity contribution in [1.82, 2.24) is 15.4 Å². The number of nitrogens with zero attached hydrogens (tertiary/aromatic N) is 2. The Balaban J connectivity index is 2.28. The largest absolute Gasteiger partial charge is 0.489 e. The number of nitrogens with two attached hydrogens (primary N) is 1. The first-order chi connectivity index (χ1) is 9.10. The minimum atomic E-state index is -0.173. The van der Waals surface area contributed by atoms with Gasteiger partial charge in [-0.3, -0.25) is 10.8 Å². The minimum absolute atomic E-state index is 0.114. The van der Waals surface area contributed by atoms with Crippen LogP contribution in [-0.4, -0.2) is 16.1 Å². The summed E-state index contributed by atoms with van der Waals surface area (Å²) < 4.78 is 5.64. The molecule has 19 heavy (non-hydrogen) atoms. The van der Waals surface area contributed by atoms with E-state index in [1.807, 2.05) is 32.2 Å². The topological polar surface area (TPSA) is 73.1 Å². The number of aryl methyl sites for hydroxylation is 1. The Labute approximate surface area is 116 Å². The molecule has 0 bridgehead atoms. The maximum atomic E-state index is 5.64. The second kappa shape index (κ2) is 6.10. The zero-order chi connectivity index (χ0) is 13.8. The van der Waals surface area contributed by atoms with Gasteiger partial charge in [0, 0.05) is 11.6 Å². The van der Waals surface area contributed by atoms with Crippen molar-refractivity contribution in [2.24, 2.45) is 5.84 Å². The van der Waals surface area contributed by atoms with Gasteiger partial charge in [-0.25, -0.2) is 10.4 Å². The van der Waals surface area contributed by atoms with Crippen LogP contribution in [0.4, 0.5) is 0 Å². The summed E-state index contributed by atoms with van der Waals surface area (Å²) in [6.07, 6.45) is 3.58. The highest BCUT2D eigenvalue weighted by Crippen LogP contribution is 2.25. The van der Waals surface area contributed by atoms with E-state index in [0.29, 0.717) is 0 Å². The number of hydrogen-bond acceptors (Lipinski definition) is 6. The summed E-state index contributed by atoms with van der Waals surface area (Å²) in [5.74, 6) is 6.38. The van der Waals surface area contributed by atoms with Crippen LogP contribution in [-0.2, 0) is 0 Å². The number of rotatable bonds is 5. The molecule has 5 nitrogen and oxygen atoms in total. The summed E-state index contributed by atoms with van der Waals surface area (Å²) in [6.45, 7) is 5.93. The Kier molecular flexibility index (Phi) is 4.47. The van der Waals surface area contributed by atoms with Crippen LogP contribution in [0.3, 0.4) is 0 Å². The smallest absolute Gasteiger partial charge is 0.138 e. The van der Waals surface area contributed by atoms with Gasteiger partial charge in [0.1, 0.15) is 5.75 Å². The Morgan fingerprint density at radius 2 is 2.16 bits per heavy atom. The second-order valence-corrected chi connectivity index (χ2v) is 5.57. The monoisotopic (exact) mass is 278 g/mol. The Morgan fingerprint density at radius 3 is 2.74 bits per heavy atom. The lowest BCUT2D eigenvalue weighted by atomic mass is 10.1. The third-order valence-electron chi connectivity index (χ3n) is 2.54. The Bertz CT molecular complexity index is 541. The molecule has 1 atom stereocenters. The van der Waals surface area contributed by atoms with Gasteiger partial charge in [-0.1, -0.05) is 0 Å². The van der Waals surface area contributed by atoms with E-state index in [2.05, 4.69) is 15.4 Å². The molecule has 3 N–H and O–H groups in total. The lowest BCUT2D eigenvalue weighted by Crippen LogP contribution is -2.29. The summed E-state index contributed by atoms with van der Waals surface area (Å²) >= 11 is 1.60. The molecule has 2 aromatic rings. The Hall–Kier alpha value is -1.50. The first-order valence-corrected chi connectivity index (χ1v) is 6.98. The standard InChI is InChI=1S/C13H18N4OS/c1-8(2)18-11-4-10(5-15-6-11)13(17-14)12-7-19-9(3)16-12/h4-8,13,17H,14H2,1-3H3. The molecule has 0 saturated carbocycles. The van der Waals surface area contributed by atoms with E-state index in [9.17, 15) is 0 Å². The molecule has 0 aromatic carbocycles. The fraction of sp³-hybridized carbons (Fsp3) is 0.385. The molecule has 0 radical (unpaired) electrons. The van der Waals surface area contributed by atoms with Crippen LogP contribution in [0.2, 0.25) is 0 Å². The molecule has 2 heterocycles. The molecule has 2 aromatic heterocycles. The van der Waals surface area contributed by atoms with Crippen LogP contribution in [0.1, 0.15) is 36.2 Å². The number of thiazole rings is 1. The molecule has 0 spiro atoms. The normalized spacial score (nSPS) is 12.7. The van der Waals surface area contributed by atoms with E-state index in [0.717, 1.165) is 22.0 Å². The van der Waals surface area contributed by atoms with E-state index in [4.69, 9.17) is 10.6 Å². The van der Waals surface area contributed by atoms with Gasteiger partial charge < -0.3 is 4.74 Å². The second-order valence-electron chi connectivity index (χ2n) is 4.51. The minimum Gasteiger partial charge on any atom is -0.489 e. The first-order valence-electron chi connectivity index (χ1n) is 6.10. The number of ether oxygens (including phenoxy) is 1. The van der Waals surface area contributed by atoms with Gasteiger partial charge in [-0.05, 0) is 32.4 Å². The number of hydrogen-bond donors (Lipinski definition) is 2. The summed E-state index contributed by atoms with van der Waals surface area (Å²) in [6, 6.07) is 1.76. The molecule has 0 fully saturated rings. The molecular formula is C13H18N4OS. The van der Waals surface area contributed by atoms with E-state index >= 15 is 0 Å². The fourth-order valence-electron chi connectivity index (χ4n) is 1.80. The van der Waals surface area contributed by atoms with E-state index < -0.39 is 0 Å².